The molecule has 1 aliphatic carbocycles. The van der Waals surface area contributed by atoms with Crippen LogP contribution in [0.15, 0.2) is 0 Å². The van der Waals surface area contributed by atoms with Gasteiger partial charge in [0.15, 0.2) is 0 Å². The highest BCUT2D eigenvalue weighted by Crippen LogP contribution is 2.19. The van der Waals surface area contributed by atoms with Crippen molar-refractivity contribution in [1.29, 1.82) is 0 Å². The molecule has 0 bridgehead atoms. The summed E-state index contributed by atoms with van der Waals surface area (Å²) in [6.45, 7) is 2.41. The molecular weight excluding hydrogens is 238 g/mol. The molecule has 0 aromatic rings. The molecule has 1 N–H and O–H groups in total. The van der Waals surface area contributed by atoms with Gasteiger partial charge >= 0.3 is 5.97 Å². The van der Waals surface area contributed by atoms with Gasteiger partial charge < -0.3 is 18.9 Å². The third-order valence-corrected chi connectivity index (χ3v) is 2.59. The molecule has 0 aliphatic heterocycles. The number of nitrogens with one attached hydrogen (secondary N) is 1. The van der Waals surface area contributed by atoms with E-state index in [1.54, 1.807) is 7.11 Å². The second-order valence-corrected chi connectivity index (χ2v) is 4.20. The van der Waals surface area contributed by atoms with Crippen molar-refractivity contribution in [3.8, 4) is 0 Å². The monoisotopic (exact) mass is 261 g/mol. The van der Waals surface area contributed by atoms with E-state index in [1.807, 2.05) is 0 Å². The minimum absolute atomic E-state index is 0.276. The Morgan fingerprint density at radius 1 is 1.17 bits per heavy atom. The first-order valence-corrected chi connectivity index (χ1v) is 6.26. The predicted molar refractivity (Wildman–Crippen MR) is 65.5 cm³/mol. The molecule has 6 heteroatoms. The lowest BCUT2D eigenvalue weighted by Crippen LogP contribution is -2.42. The molecule has 1 unspecified atom stereocenters. The average Bonchev–Trinajstić information content (AvgIpc) is 3.19. The summed E-state index contributed by atoms with van der Waals surface area (Å²) in [6.07, 6.45) is 2.24. The molecule has 0 radical (unpaired) electrons. The Morgan fingerprint density at radius 3 is 2.44 bits per heavy atom. The fourth-order valence-corrected chi connectivity index (χ4v) is 1.42. The molecule has 1 aliphatic rings. The van der Waals surface area contributed by atoms with E-state index in [1.165, 1.54) is 7.11 Å². The summed E-state index contributed by atoms with van der Waals surface area (Å²) in [4.78, 5) is 11.5. The van der Waals surface area contributed by atoms with E-state index in [9.17, 15) is 4.79 Å². The first-order valence-electron chi connectivity index (χ1n) is 6.26. The van der Waals surface area contributed by atoms with Crippen molar-refractivity contribution in [3.05, 3.63) is 0 Å². The number of methoxy groups -OCH3 is 2. The highest BCUT2D eigenvalue weighted by Gasteiger charge is 2.28. The van der Waals surface area contributed by atoms with Gasteiger partial charge in [-0.05, 0) is 12.8 Å². The zero-order chi connectivity index (χ0) is 13.2. The fourth-order valence-electron chi connectivity index (χ4n) is 1.42. The molecule has 0 spiro atoms. The molecule has 0 amide bonds. The van der Waals surface area contributed by atoms with Crippen molar-refractivity contribution >= 4 is 5.97 Å². The third kappa shape index (κ3) is 6.90. The average molecular weight is 261 g/mol. The van der Waals surface area contributed by atoms with E-state index in [0.29, 0.717) is 39.1 Å². The minimum Gasteiger partial charge on any atom is -0.468 e. The maximum absolute atomic E-state index is 11.5. The number of esters is 1. The topological polar surface area (TPSA) is 66.0 Å². The molecule has 6 nitrogen and oxygen atoms in total. The van der Waals surface area contributed by atoms with E-state index in [4.69, 9.17) is 18.9 Å². The van der Waals surface area contributed by atoms with Gasteiger partial charge in [0, 0.05) is 13.2 Å². The second-order valence-electron chi connectivity index (χ2n) is 4.20. The van der Waals surface area contributed by atoms with Crippen molar-refractivity contribution in [2.24, 2.45) is 0 Å². The number of rotatable bonds is 11. The van der Waals surface area contributed by atoms with Crippen LogP contribution >= 0.6 is 0 Å². The third-order valence-electron chi connectivity index (χ3n) is 2.59. The van der Waals surface area contributed by atoms with Crippen molar-refractivity contribution < 1.29 is 23.7 Å². The van der Waals surface area contributed by atoms with Gasteiger partial charge in [0.05, 0.1) is 40.1 Å². The Morgan fingerprint density at radius 2 is 1.83 bits per heavy atom. The van der Waals surface area contributed by atoms with Crippen LogP contribution in [0.1, 0.15) is 12.8 Å². The quantitative estimate of drug-likeness (QED) is 0.416. The number of carbonyl (C=O) groups excluding carboxylic acids is 1. The number of carbonyl (C=O) groups is 1. The summed E-state index contributed by atoms with van der Waals surface area (Å²) >= 11 is 0. The summed E-state index contributed by atoms with van der Waals surface area (Å²) in [5, 5.41) is 3.19. The van der Waals surface area contributed by atoms with Crippen molar-refractivity contribution in [2.75, 3.05) is 47.3 Å². The maximum atomic E-state index is 11.5. The molecule has 1 atom stereocenters. The lowest BCUT2D eigenvalue weighted by molar-refractivity contribution is -0.145. The number of ether oxygens (including phenoxy) is 4. The predicted octanol–water partition coefficient (Wildman–Crippen LogP) is -0.0404. The van der Waals surface area contributed by atoms with Crippen molar-refractivity contribution in [3.63, 3.8) is 0 Å². The lowest BCUT2D eigenvalue weighted by Gasteiger charge is -2.16. The molecule has 0 heterocycles. The Labute approximate surface area is 108 Å². The van der Waals surface area contributed by atoms with Crippen LogP contribution in [0.25, 0.3) is 0 Å². The Bertz CT molecular complexity index is 233. The first kappa shape index (κ1) is 15.4. The van der Waals surface area contributed by atoms with Crippen LogP contribution in [0, 0.1) is 0 Å². The van der Waals surface area contributed by atoms with Crippen molar-refractivity contribution in [2.45, 2.75) is 24.9 Å². The summed E-state index contributed by atoms with van der Waals surface area (Å²) in [5.41, 5.74) is 0. The van der Waals surface area contributed by atoms with E-state index < -0.39 is 0 Å². The Balaban J connectivity index is 2.03. The molecule has 0 aromatic carbocycles. The summed E-state index contributed by atoms with van der Waals surface area (Å²) < 4.78 is 20.2. The van der Waals surface area contributed by atoms with Gasteiger partial charge in [0.2, 0.25) is 0 Å². The number of hydrogen-bond acceptors (Lipinski definition) is 6. The first-order chi connectivity index (χ1) is 8.77. The van der Waals surface area contributed by atoms with Gasteiger partial charge in [-0.25, -0.2) is 0 Å². The molecular formula is C12H23NO5. The van der Waals surface area contributed by atoms with Gasteiger partial charge in [-0.15, -0.1) is 0 Å². The highest BCUT2D eigenvalue weighted by atomic mass is 16.5. The Kier molecular flexibility index (Phi) is 7.91. The number of hydrogen-bond donors (Lipinski definition) is 1. The molecule has 0 saturated heterocycles. The Hall–Kier alpha value is -0.690. The van der Waals surface area contributed by atoms with Crippen LogP contribution in [-0.4, -0.2) is 65.3 Å². The molecule has 1 saturated carbocycles. The second kappa shape index (κ2) is 9.27. The largest absolute Gasteiger partial charge is 0.468 e. The van der Waals surface area contributed by atoms with E-state index in [2.05, 4.69) is 5.32 Å². The smallest absolute Gasteiger partial charge is 0.325 e. The van der Waals surface area contributed by atoms with Crippen LogP contribution in [0.3, 0.4) is 0 Å². The van der Waals surface area contributed by atoms with Gasteiger partial charge in [-0.2, -0.15) is 0 Å². The van der Waals surface area contributed by atoms with E-state index in [-0.39, 0.29) is 12.0 Å². The fraction of sp³-hybridized carbons (Fsp3) is 0.917. The maximum Gasteiger partial charge on any atom is 0.325 e. The van der Waals surface area contributed by atoms with Crippen LogP contribution in [0.4, 0.5) is 0 Å². The van der Waals surface area contributed by atoms with Crippen molar-refractivity contribution in [1.82, 2.24) is 5.32 Å². The molecule has 1 fully saturated rings. The van der Waals surface area contributed by atoms with E-state index >= 15 is 0 Å². The normalized spacial score (nSPS) is 16.6. The standard InChI is InChI=1S/C12H23NO5/c1-15-5-6-17-7-8-18-9-11(12(14)16-2)13-10-3-4-10/h10-11,13H,3-9H2,1-2H3. The van der Waals surface area contributed by atoms with Crippen LogP contribution in [-0.2, 0) is 23.7 Å². The molecule has 0 aromatic heterocycles. The van der Waals surface area contributed by atoms with Crippen LogP contribution < -0.4 is 5.32 Å². The van der Waals surface area contributed by atoms with Crippen LogP contribution in [0.2, 0.25) is 0 Å². The lowest BCUT2D eigenvalue weighted by atomic mass is 10.3. The zero-order valence-electron chi connectivity index (χ0n) is 11.1. The molecule has 106 valence electrons. The van der Waals surface area contributed by atoms with E-state index in [0.717, 1.165) is 12.8 Å². The zero-order valence-corrected chi connectivity index (χ0v) is 11.1. The minimum atomic E-state index is -0.374. The summed E-state index contributed by atoms with van der Waals surface area (Å²) in [7, 11) is 3.02. The highest BCUT2D eigenvalue weighted by molar-refractivity contribution is 5.75. The van der Waals surface area contributed by atoms with Crippen LogP contribution in [0.5, 0.6) is 0 Å². The van der Waals surface area contributed by atoms with Gasteiger partial charge in [0.1, 0.15) is 6.04 Å². The molecule has 18 heavy (non-hydrogen) atoms. The SMILES string of the molecule is COCCOCCOCC(NC1CC1)C(=O)OC. The van der Waals surface area contributed by atoms with Gasteiger partial charge in [-0.1, -0.05) is 0 Å². The summed E-state index contributed by atoms with van der Waals surface area (Å²) in [6, 6.07) is 0.0668. The summed E-state index contributed by atoms with van der Waals surface area (Å²) in [5.74, 6) is -0.276. The van der Waals surface area contributed by atoms with Gasteiger partial charge in [-0.3, -0.25) is 10.1 Å². The van der Waals surface area contributed by atoms with Gasteiger partial charge in [0.25, 0.3) is 0 Å². The molecule has 1 rings (SSSR count).